The maximum absolute atomic E-state index is 11.8. The molecule has 0 heterocycles. The molecule has 1 atom stereocenters. The van der Waals surface area contributed by atoms with Gasteiger partial charge in [-0.1, -0.05) is 30.3 Å². The summed E-state index contributed by atoms with van der Waals surface area (Å²) < 4.78 is 0. The average Bonchev–Trinajstić information content (AvgIpc) is 2.28. The second-order valence-electron chi connectivity index (χ2n) is 3.44. The van der Waals surface area contributed by atoms with Crippen molar-refractivity contribution < 1.29 is 10.0 Å². The molecular weight excluding hydrogens is 206 g/mol. The molecule has 0 fully saturated rings. The van der Waals surface area contributed by atoms with Gasteiger partial charge < -0.3 is 5.21 Å². The van der Waals surface area contributed by atoms with Gasteiger partial charge in [-0.3, -0.25) is 0 Å². The van der Waals surface area contributed by atoms with Crippen molar-refractivity contribution in [1.82, 2.24) is 4.97 Å². The molecule has 84 valence electrons. The Morgan fingerprint density at radius 1 is 1.19 bits per heavy atom. The number of rotatable bonds is 3. The monoisotopic (exact) mass is 219 g/mol. The van der Waals surface area contributed by atoms with Crippen molar-refractivity contribution in [3.8, 4) is 0 Å². The molecule has 4 heteroatoms. The van der Waals surface area contributed by atoms with E-state index in [4.69, 9.17) is 4.84 Å². The molecule has 1 N–H and O–H groups in total. The molecule has 0 aliphatic heterocycles. The van der Waals surface area contributed by atoms with Crippen molar-refractivity contribution in [2.75, 3.05) is 6.61 Å². The summed E-state index contributed by atoms with van der Waals surface area (Å²) in [6.45, 7) is 1.80. The molecule has 0 aliphatic carbocycles. The molecule has 2 aromatic rings. The van der Waals surface area contributed by atoms with Crippen molar-refractivity contribution in [2.45, 2.75) is 6.92 Å². The molecule has 0 radical (unpaired) electrons. The lowest BCUT2D eigenvalue weighted by Gasteiger charge is -2.29. The number of benzene rings is 2. The van der Waals surface area contributed by atoms with Crippen LogP contribution in [0.5, 0.6) is 0 Å². The van der Waals surface area contributed by atoms with Crippen LogP contribution in [0.1, 0.15) is 6.92 Å². The fourth-order valence-electron chi connectivity index (χ4n) is 1.70. The van der Waals surface area contributed by atoms with Crippen LogP contribution in [-0.4, -0.2) is 11.8 Å². The Bertz CT molecular complexity index is 491. The number of hydrogen-bond donors (Lipinski definition) is 1. The predicted octanol–water partition coefficient (Wildman–Crippen LogP) is 2.99. The van der Waals surface area contributed by atoms with E-state index < -0.39 is 4.97 Å². The van der Waals surface area contributed by atoms with E-state index in [1.165, 1.54) is 0 Å². The van der Waals surface area contributed by atoms with Gasteiger partial charge in [0, 0.05) is 11.5 Å². The molecule has 0 saturated carbocycles. The maximum Gasteiger partial charge on any atom is 0.207 e. The van der Waals surface area contributed by atoms with Gasteiger partial charge >= 0.3 is 0 Å². The number of quaternary nitrogens is 1. The molecule has 0 aliphatic rings. The summed E-state index contributed by atoms with van der Waals surface area (Å²) in [6, 6.07) is 12.5. The van der Waals surface area contributed by atoms with E-state index in [0.717, 1.165) is 5.39 Å². The third-order valence-corrected chi connectivity index (χ3v) is 2.38. The average molecular weight is 219 g/mol. The minimum atomic E-state index is -1.79. The van der Waals surface area contributed by atoms with Crippen molar-refractivity contribution in [2.24, 2.45) is 0 Å². The summed E-state index contributed by atoms with van der Waals surface area (Å²) >= 11 is 0. The van der Waals surface area contributed by atoms with Crippen LogP contribution in [0.25, 0.3) is 10.8 Å². The van der Waals surface area contributed by atoms with Crippen molar-refractivity contribution in [3.05, 3.63) is 47.7 Å². The zero-order chi connectivity index (χ0) is 11.6. The van der Waals surface area contributed by atoms with Gasteiger partial charge in [0.25, 0.3) is 0 Å². The van der Waals surface area contributed by atoms with Gasteiger partial charge in [-0.05, 0) is 23.3 Å². The van der Waals surface area contributed by atoms with Gasteiger partial charge in [0.2, 0.25) is 5.69 Å². The van der Waals surface area contributed by atoms with Gasteiger partial charge in [-0.15, -0.1) is 0 Å². The molecule has 2 aromatic carbocycles. The normalized spacial score (nSPS) is 14.9. The van der Waals surface area contributed by atoms with Gasteiger partial charge in [0.05, 0.1) is 0 Å². The lowest BCUT2D eigenvalue weighted by molar-refractivity contribution is -0.287. The molecule has 2 rings (SSSR count). The Labute approximate surface area is 93.4 Å². The van der Waals surface area contributed by atoms with Crippen LogP contribution in [0, 0.1) is 5.21 Å². The Morgan fingerprint density at radius 3 is 2.62 bits per heavy atom. The number of hydrogen-bond acceptors (Lipinski definition) is 3. The maximum atomic E-state index is 11.8. The van der Waals surface area contributed by atoms with Crippen LogP contribution in [-0.2, 0) is 4.84 Å². The summed E-state index contributed by atoms with van der Waals surface area (Å²) in [5.74, 6) is 0. The fourth-order valence-corrected chi connectivity index (χ4v) is 1.70. The summed E-state index contributed by atoms with van der Waals surface area (Å²) in [5, 5.41) is 23.0. The Hall–Kier alpha value is -1.46. The highest BCUT2D eigenvalue weighted by Gasteiger charge is 2.22. The molecule has 4 nitrogen and oxygen atoms in total. The Balaban J connectivity index is 2.60. The van der Waals surface area contributed by atoms with Crippen LogP contribution in [0.15, 0.2) is 42.5 Å². The highest BCUT2D eigenvalue weighted by atomic mass is 17.1. The second-order valence-corrected chi connectivity index (χ2v) is 3.44. The molecule has 0 amide bonds. The van der Waals surface area contributed by atoms with Gasteiger partial charge in [0.15, 0.2) is 0 Å². The van der Waals surface area contributed by atoms with E-state index in [1.54, 1.807) is 25.1 Å². The van der Waals surface area contributed by atoms with Crippen molar-refractivity contribution in [1.29, 1.82) is 0 Å². The Morgan fingerprint density at radius 2 is 1.88 bits per heavy atom. The van der Waals surface area contributed by atoms with E-state index in [0.29, 0.717) is 5.39 Å². The highest BCUT2D eigenvalue weighted by molar-refractivity contribution is 5.92. The highest BCUT2D eigenvalue weighted by Crippen LogP contribution is 2.29. The molecule has 0 aromatic heterocycles. The van der Waals surface area contributed by atoms with Crippen LogP contribution < -0.4 is 4.97 Å². The molecule has 0 spiro atoms. The number of nitrogens with zero attached hydrogens (tertiary/aromatic N) is 1. The summed E-state index contributed by atoms with van der Waals surface area (Å²) in [5.41, 5.74) is 0.194. The molecule has 1 unspecified atom stereocenters. The summed E-state index contributed by atoms with van der Waals surface area (Å²) in [7, 11) is 0. The lowest BCUT2D eigenvalue weighted by Crippen LogP contribution is -2.39. The SMILES string of the molecule is CCO[N+]([O-])(O)c1cccc2ccccc12. The van der Waals surface area contributed by atoms with Crippen LogP contribution >= 0.6 is 0 Å². The van der Waals surface area contributed by atoms with E-state index in [1.807, 2.05) is 24.3 Å². The molecular formula is C12H13NO3. The van der Waals surface area contributed by atoms with E-state index in [9.17, 15) is 10.4 Å². The van der Waals surface area contributed by atoms with Gasteiger partial charge in [-0.25, -0.2) is 0 Å². The summed E-state index contributed by atoms with van der Waals surface area (Å²) in [4.78, 5) is 2.97. The first kappa shape index (κ1) is 11.0. The van der Waals surface area contributed by atoms with Crippen LogP contribution in [0.3, 0.4) is 0 Å². The zero-order valence-electron chi connectivity index (χ0n) is 8.96. The first-order chi connectivity index (χ1) is 7.65. The van der Waals surface area contributed by atoms with E-state index in [-0.39, 0.29) is 12.3 Å². The smallest absolute Gasteiger partial charge is 0.207 e. The summed E-state index contributed by atoms with van der Waals surface area (Å²) in [6.07, 6.45) is 0. The van der Waals surface area contributed by atoms with Gasteiger partial charge in [-0.2, -0.15) is 10.0 Å². The van der Waals surface area contributed by atoms with Crippen LogP contribution in [0.4, 0.5) is 5.69 Å². The topological polar surface area (TPSA) is 52.5 Å². The quantitative estimate of drug-likeness (QED) is 0.637. The largest absolute Gasteiger partial charge is 0.559 e. The standard InChI is InChI=1S/C12H13NO3/c1-2-16-13(14,15)12-9-5-7-10-6-3-4-8-11(10)12/h3-9,14H,2H2,1H3. The Kier molecular flexibility index (Phi) is 2.89. The molecule has 0 bridgehead atoms. The number of fused-ring (bicyclic) bond motifs is 1. The molecule has 0 saturated heterocycles. The van der Waals surface area contributed by atoms with Crippen molar-refractivity contribution in [3.63, 3.8) is 0 Å². The second kappa shape index (κ2) is 4.19. The third-order valence-electron chi connectivity index (χ3n) is 2.38. The van der Waals surface area contributed by atoms with E-state index in [2.05, 4.69) is 0 Å². The van der Waals surface area contributed by atoms with Gasteiger partial charge in [0.1, 0.15) is 6.61 Å². The van der Waals surface area contributed by atoms with E-state index >= 15 is 0 Å². The first-order valence-electron chi connectivity index (χ1n) is 5.11. The predicted molar refractivity (Wildman–Crippen MR) is 62.5 cm³/mol. The van der Waals surface area contributed by atoms with Crippen LogP contribution in [0.2, 0.25) is 0 Å². The third kappa shape index (κ3) is 1.91. The first-order valence-corrected chi connectivity index (χ1v) is 5.11. The molecule has 16 heavy (non-hydrogen) atoms. The zero-order valence-corrected chi connectivity index (χ0v) is 8.96. The lowest BCUT2D eigenvalue weighted by atomic mass is 10.1. The minimum absolute atomic E-state index is 0.142. The van der Waals surface area contributed by atoms with Crippen molar-refractivity contribution >= 4 is 16.5 Å². The minimum Gasteiger partial charge on any atom is -0.559 e. The fraction of sp³-hybridized carbons (Fsp3) is 0.167.